The van der Waals surface area contributed by atoms with Crippen molar-refractivity contribution < 1.29 is 0 Å². The molecule has 9 heavy (non-hydrogen) atoms. The molecule has 1 aromatic heterocycles. The number of rotatable bonds is 1. The molecule has 0 aliphatic rings. The number of nitrogens with one attached hydrogen (secondary N) is 1. The quantitative estimate of drug-likeness (QED) is 0.513. The Bertz CT molecular complexity index is 201. The number of halogens is 1. The molecule has 0 saturated heterocycles. The minimum atomic E-state index is 0.838. The number of aromatic nitrogens is 1. The fourth-order valence-electron chi connectivity index (χ4n) is 0.492. The van der Waals surface area contributed by atoms with Crippen molar-refractivity contribution in [2.24, 2.45) is 5.84 Å². The van der Waals surface area contributed by atoms with Crippen molar-refractivity contribution >= 4 is 21.6 Å². The van der Waals surface area contributed by atoms with E-state index in [1.54, 1.807) is 18.5 Å². The van der Waals surface area contributed by atoms with Crippen LogP contribution in [0.4, 0.5) is 5.69 Å². The Morgan fingerprint density at radius 3 is 2.89 bits per heavy atom. The van der Waals surface area contributed by atoms with E-state index in [-0.39, 0.29) is 0 Å². The molecule has 0 saturated carbocycles. The summed E-state index contributed by atoms with van der Waals surface area (Å²) >= 11 is 3.25. The number of hydrazine groups is 1. The second-order valence-corrected chi connectivity index (χ2v) is 2.35. The van der Waals surface area contributed by atoms with Crippen LogP contribution >= 0.6 is 15.9 Å². The summed E-state index contributed by atoms with van der Waals surface area (Å²) in [6.07, 6.45) is 3.34. The van der Waals surface area contributed by atoms with Crippen molar-refractivity contribution in [3.8, 4) is 0 Å². The summed E-state index contributed by atoms with van der Waals surface area (Å²) < 4.78 is 0.868. The molecule has 0 unspecified atom stereocenters. The average Bonchev–Trinajstić information content (AvgIpc) is 1.89. The third-order valence-corrected chi connectivity index (χ3v) is 1.56. The summed E-state index contributed by atoms with van der Waals surface area (Å²) in [5.74, 6) is 5.14. The fourth-order valence-corrected chi connectivity index (χ4v) is 0.857. The van der Waals surface area contributed by atoms with Gasteiger partial charge in [-0.1, -0.05) is 0 Å². The second-order valence-electron chi connectivity index (χ2n) is 1.50. The molecule has 0 atom stereocenters. The van der Waals surface area contributed by atoms with Gasteiger partial charge in [0.15, 0.2) is 0 Å². The van der Waals surface area contributed by atoms with E-state index < -0.39 is 0 Å². The lowest BCUT2D eigenvalue weighted by Crippen LogP contribution is -2.06. The van der Waals surface area contributed by atoms with E-state index in [0.717, 1.165) is 10.2 Å². The molecule has 4 heteroatoms. The number of hydrogen-bond acceptors (Lipinski definition) is 3. The number of nitrogens with zero attached hydrogens (tertiary/aromatic N) is 1. The highest BCUT2D eigenvalue weighted by molar-refractivity contribution is 9.10. The van der Waals surface area contributed by atoms with Crippen LogP contribution in [0.25, 0.3) is 0 Å². The van der Waals surface area contributed by atoms with Crippen LogP contribution in [0.1, 0.15) is 0 Å². The third kappa shape index (κ3) is 1.40. The Morgan fingerprint density at radius 1 is 1.67 bits per heavy atom. The van der Waals surface area contributed by atoms with Gasteiger partial charge in [-0.3, -0.25) is 10.8 Å². The molecule has 0 radical (unpaired) electrons. The maximum atomic E-state index is 5.14. The number of anilines is 1. The van der Waals surface area contributed by atoms with Crippen LogP contribution in [-0.2, 0) is 0 Å². The third-order valence-electron chi connectivity index (χ3n) is 0.928. The molecule has 0 fully saturated rings. The predicted molar refractivity (Wildman–Crippen MR) is 39.7 cm³/mol. The molecule has 0 amide bonds. The number of nitrogens with two attached hydrogens (primary N) is 1. The minimum absolute atomic E-state index is 0.838. The Hall–Kier alpha value is -0.610. The summed E-state index contributed by atoms with van der Waals surface area (Å²) in [5, 5.41) is 0. The lowest BCUT2D eigenvalue weighted by molar-refractivity contribution is 1.26. The second kappa shape index (κ2) is 2.80. The largest absolute Gasteiger partial charge is 0.323 e. The van der Waals surface area contributed by atoms with E-state index >= 15 is 0 Å². The normalized spacial score (nSPS) is 9.11. The first-order chi connectivity index (χ1) is 4.34. The van der Waals surface area contributed by atoms with Crippen LogP contribution in [0.2, 0.25) is 0 Å². The van der Waals surface area contributed by atoms with Crippen LogP contribution in [0.15, 0.2) is 22.9 Å². The van der Waals surface area contributed by atoms with Gasteiger partial charge in [0.2, 0.25) is 0 Å². The van der Waals surface area contributed by atoms with Gasteiger partial charge in [0, 0.05) is 12.4 Å². The highest BCUT2D eigenvalue weighted by Crippen LogP contribution is 2.17. The van der Waals surface area contributed by atoms with Crippen molar-refractivity contribution in [2.45, 2.75) is 0 Å². The summed E-state index contributed by atoms with van der Waals surface area (Å²) in [7, 11) is 0. The Labute approximate surface area is 61.4 Å². The highest BCUT2D eigenvalue weighted by Gasteiger charge is 1.92. The van der Waals surface area contributed by atoms with Gasteiger partial charge >= 0.3 is 0 Å². The molecule has 0 aliphatic carbocycles. The zero-order valence-electron chi connectivity index (χ0n) is 4.63. The first-order valence-corrected chi connectivity index (χ1v) is 3.20. The maximum absolute atomic E-state index is 5.14. The SMILES string of the molecule is NNc1ccncc1Br. The van der Waals surface area contributed by atoms with Crippen molar-refractivity contribution in [1.29, 1.82) is 0 Å². The standard InChI is InChI=1S/C5H6BrN3/c6-4-3-8-2-1-5(4)9-7/h1-3H,7H2,(H,8,9). The van der Waals surface area contributed by atoms with Crippen LogP contribution in [0, 0.1) is 0 Å². The van der Waals surface area contributed by atoms with Gasteiger partial charge in [-0.25, -0.2) is 0 Å². The van der Waals surface area contributed by atoms with Gasteiger partial charge in [-0.15, -0.1) is 0 Å². The topological polar surface area (TPSA) is 50.9 Å². The lowest BCUT2D eigenvalue weighted by Gasteiger charge is -1.98. The average molecular weight is 188 g/mol. The first kappa shape index (κ1) is 6.51. The van der Waals surface area contributed by atoms with Crippen LogP contribution in [0.3, 0.4) is 0 Å². The minimum Gasteiger partial charge on any atom is -0.323 e. The molecule has 1 aromatic rings. The van der Waals surface area contributed by atoms with Gasteiger partial charge in [-0.2, -0.15) is 0 Å². The van der Waals surface area contributed by atoms with Crippen molar-refractivity contribution in [3.05, 3.63) is 22.9 Å². The Kier molecular flexibility index (Phi) is 2.02. The molecule has 1 heterocycles. The summed E-state index contributed by atoms with van der Waals surface area (Å²) in [5.41, 5.74) is 3.35. The van der Waals surface area contributed by atoms with E-state index in [9.17, 15) is 0 Å². The van der Waals surface area contributed by atoms with Crippen LogP contribution in [-0.4, -0.2) is 4.98 Å². The van der Waals surface area contributed by atoms with E-state index in [1.807, 2.05) is 0 Å². The fraction of sp³-hybridized carbons (Fsp3) is 0. The molecule has 0 aliphatic heterocycles. The molecule has 1 rings (SSSR count). The monoisotopic (exact) mass is 187 g/mol. The molecule has 0 aromatic carbocycles. The lowest BCUT2D eigenvalue weighted by atomic mass is 10.4. The summed E-state index contributed by atoms with van der Waals surface area (Å²) in [6.45, 7) is 0. The van der Waals surface area contributed by atoms with E-state index in [1.165, 1.54) is 0 Å². The molecule has 0 bridgehead atoms. The van der Waals surface area contributed by atoms with Crippen LogP contribution in [0.5, 0.6) is 0 Å². The summed E-state index contributed by atoms with van der Waals surface area (Å²) in [6, 6.07) is 1.78. The maximum Gasteiger partial charge on any atom is 0.0658 e. The van der Waals surface area contributed by atoms with E-state index in [4.69, 9.17) is 5.84 Å². The number of nitrogen functional groups attached to an aromatic ring is 1. The zero-order valence-corrected chi connectivity index (χ0v) is 6.22. The van der Waals surface area contributed by atoms with Gasteiger partial charge in [0.05, 0.1) is 10.2 Å². The van der Waals surface area contributed by atoms with Crippen LogP contribution < -0.4 is 11.3 Å². The Balaban J connectivity index is 3.01. The molecular weight excluding hydrogens is 182 g/mol. The predicted octanol–water partition coefficient (Wildman–Crippen LogP) is 1.13. The van der Waals surface area contributed by atoms with Gasteiger partial charge in [0.1, 0.15) is 0 Å². The molecule has 3 nitrogen and oxygen atoms in total. The molecule has 3 N–H and O–H groups in total. The van der Waals surface area contributed by atoms with Gasteiger partial charge in [-0.05, 0) is 22.0 Å². The highest BCUT2D eigenvalue weighted by atomic mass is 79.9. The molecular formula is C5H6BrN3. The molecule has 48 valence electrons. The van der Waals surface area contributed by atoms with Crippen molar-refractivity contribution in [3.63, 3.8) is 0 Å². The van der Waals surface area contributed by atoms with Gasteiger partial charge < -0.3 is 5.43 Å². The van der Waals surface area contributed by atoms with Crippen molar-refractivity contribution in [1.82, 2.24) is 4.98 Å². The van der Waals surface area contributed by atoms with E-state index in [2.05, 4.69) is 26.3 Å². The van der Waals surface area contributed by atoms with Gasteiger partial charge in [0.25, 0.3) is 0 Å². The molecule has 0 spiro atoms. The van der Waals surface area contributed by atoms with Crippen molar-refractivity contribution in [2.75, 3.05) is 5.43 Å². The first-order valence-electron chi connectivity index (χ1n) is 2.40. The Morgan fingerprint density at radius 2 is 2.44 bits per heavy atom. The van der Waals surface area contributed by atoms with E-state index in [0.29, 0.717) is 0 Å². The number of pyridine rings is 1. The smallest absolute Gasteiger partial charge is 0.0658 e. The number of hydrogen-bond donors (Lipinski definition) is 2. The summed E-state index contributed by atoms with van der Waals surface area (Å²) in [4.78, 5) is 3.85. The zero-order chi connectivity index (χ0) is 6.69.